The first kappa shape index (κ1) is 24.0. The summed E-state index contributed by atoms with van der Waals surface area (Å²) in [5.41, 5.74) is 1.23. The fourth-order valence-corrected chi connectivity index (χ4v) is 5.18. The van der Waals surface area contributed by atoms with Gasteiger partial charge in [-0.2, -0.15) is 0 Å². The van der Waals surface area contributed by atoms with E-state index in [0.29, 0.717) is 34.7 Å². The Morgan fingerprint density at radius 2 is 1.92 bits per heavy atom. The number of aromatic nitrogens is 1. The Kier molecular flexibility index (Phi) is 6.04. The maximum absolute atomic E-state index is 14.0. The second-order valence-electron chi connectivity index (χ2n) is 9.15. The maximum Gasteiger partial charge on any atom is 0.297 e. The van der Waals surface area contributed by atoms with Gasteiger partial charge in [0.1, 0.15) is 11.4 Å². The largest absolute Gasteiger partial charge is 0.493 e. The highest BCUT2D eigenvalue weighted by Gasteiger charge is 2.45. The summed E-state index contributed by atoms with van der Waals surface area (Å²) < 4.78 is 31.4. The van der Waals surface area contributed by atoms with Gasteiger partial charge in [-0.1, -0.05) is 19.9 Å². The molecule has 2 aromatic carbocycles. The van der Waals surface area contributed by atoms with Gasteiger partial charge in [-0.25, -0.2) is 9.37 Å². The van der Waals surface area contributed by atoms with Crippen LogP contribution < -0.4 is 19.8 Å². The van der Waals surface area contributed by atoms with E-state index in [1.54, 1.807) is 18.2 Å². The number of hydrogen-bond acceptors (Lipinski definition) is 7. The van der Waals surface area contributed by atoms with Gasteiger partial charge in [-0.05, 0) is 55.7 Å². The quantitative estimate of drug-likeness (QED) is 0.328. The minimum absolute atomic E-state index is 0.0729. The lowest BCUT2D eigenvalue weighted by Crippen LogP contribution is -2.29. The van der Waals surface area contributed by atoms with Crippen LogP contribution in [0.4, 0.5) is 9.52 Å². The van der Waals surface area contributed by atoms with Crippen LogP contribution in [0, 0.1) is 25.6 Å². The number of fused-ring (bicyclic) bond motifs is 2. The Morgan fingerprint density at radius 1 is 1.14 bits per heavy atom. The number of carbonyl (C=O) groups excluding carboxylic acids is 1. The monoisotopic (exact) mass is 508 g/mol. The number of ether oxygens (including phenoxy) is 2. The summed E-state index contributed by atoms with van der Waals surface area (Å²) in [7, 11) is 1.53. The number of methoxy groups -OCH3 is 1. The van der Waals surface area contributed by atoms with Crippen molar-refractivity contribution in [2.45, 2.75) is 33.7 Å². The van der Waals surface area contributed by atoms with Crippen molar-refractivity contribution < 1.29 is 23.1 Å². The molecule has 1 aliphatic rings. The van der Waals surface area contributed by atoms with Crippen LogP contribution in [0.3, 0.4) is 0 Å². The van der Waals surface area contributed by atoms with Crippen molar-refractivity contribution in [2.24, 2.45) is 5.92 Å². The number of anilines is 1. The lowest BCUT2D eigenvalue weighted by atomic mass is 9.98. The first-order chi connectivity index (χ1) is 17.2. The number of hydrogen-bond donors (Lipinski definition) is 0. The third-order valence-corrected chi connectivity index (χ3v) is 7.20. The van der Waals surface area contributed by atoms with Crippen LogP contribution >= 0.6 is 11.3 Å². The zero-order chi connectivity index (χ0) is 25.7. The number of halogens is 1. The van der Waals surface area contributed by atoms with Crippen LogP contribution in [0.25, 0.3) is 11.0 Å². The maximum atomic E-state index is 14.0. The minimum atomic E-state index is -0.839. The van der Waals surface area contributed by atoms with E-state index in [0.717, 1.165) is 16.6 Å². The summed E-state index contributed by atoms with van der Waals surface area (Å²) in [6.07, 6.45) is 0. The van der Waals surface area contributed by atoms with Gasteiger partial charge in [0.15, 0.2) is 22.1 Å². The lowest BCUT2D eigenvalue weighted by molar-refractivity contribution is 0.0971. The molecule has 3 heterocycles. The molecule has 1 atom stereocenters. The van der Waals surface area contributed by atoms with Gasteiger partial charge < -0.3 is 13.9 Å². The molecule has 9 heteroatoms. The predicted octanol–water partition coefficient (Wildman–Crippen LogP) is 5.80. The molecule has 2 aromatic heterocycles. The molecule has 0 aliphatic carbocycles. The van der Waals surface area contributed by atoms with E-state index in [2.05, 4.69) is 4.98 Å². The van der Waals surface area contributed by atoms with E-state index in [1.165, 1.54) is 35.5 Å². The Morgan fingerprint density at radius 3 is 2.58 bits per heavy atom. The van der Waals surface area contributed by atoms with Crippen LogP contribution in [0.5, 0.6) is 11.5 Å². The molecular formula is C27H25FN2O5S. The summed E-state index contributed by atoms with van der Waals surface area (Å²) in [5, 5.41) is 0.517. The lowest BCUT2D eigenvalue weighted by Gasteiger charge is -2.23. The summed E-state index contributed by atoms with van der Waals surface area (Å²) in [5.74, 6) is 0.224. The molecule has 0 bridgehead atoms. The predicted molar refractivity (Wildman–Crippen MR) is 136 cm³/mol. The molecule has 5 rings (SSSR count). The Bertz CT molecular complexity index is 1540. The summed E-state index contributed by atoms with van der Waals surface area (Å²) in [4.78, 5) is 34.4. The van der Waals surface area contributed by atoms with Crippen molar-refractivity contribution in [3.05, 3.63) is 79.9 Å². The molecule has 36 heavy (non-hydrogen) atoms. The second-order valence-corrected chi connectivity index (χ2v) is 10.3. The zero-order valence-electron chi connectivity index (χ0n) is 20.5. The number of nitrogens with zero attached hydrogens (tertiary/aromatic N) is 2. The first-order valence-electron chi connectivity index (χ1n) is 11.5. The average molecular weight is 509 g/mol. The molecule has 7 nitrogen and oxygen atoms in total. The van der Waals surface area contributed by atoms with Crippen molar-refractivity contribution in [1.82, 2.24) is 4.98 Å². The molecule has 1 amide bonds. The second kappa shape index (κ2) is 9.05. The fourth-order valence-electron chi connectivity index (χ4n) is 4.25. The average Bonchev–Trinajstić information content (AvgIpc) is 3.33. The Balaban J connectivity index is 1.74. The van der Waals surface area contributed by atoms with Gasteiger partial charge in [-0.3, -0.25) is 14.5 Å². The topological polar surface area (TPSA) is 81.9 Å². The SMILES string of the molecule is COc1cc(C2c3c(oc4ccc(F)cc4c3=O)C(=O)N2c2nc(C)c(C)s2)ccc1OCC(C)C. The normalized spacial score (nSPS) is 15.1. The highest BCUT2D eigenvalue weighted by atomic mass is 32.1. The Labute approximate surface area is 211 Å². The number of amides is 1. The molecule has 0 spiro atoms. The van der Waals surface area contributed by atoms with Gasteiger partial charge in [0.25, 0.3) is 5.91 Å². The van der Waals surface area contributed by atoms with Crippen molar-refractivity contribution in [3.8, 4) is 11.5 Å². The zero-order valence-corrected chi connectivity index (χ0v) is 21.4. The van der Waals surface area contributed by atoms with Gasteiger partial charge in [0.05, 0.1) is 36.4 Å². The molecule has 0 N–H and O–H groups in total. The summed E-state index contributed by atoms with van der Waals surface area (Å²) in [6, 6.07) is 8.15. The molecular weight excluding hydrogens is 483 g/mol. The van der Waals surface area contributed by atoms with Gasteiger partial charge >= 0.3 is 0 Å². The van der Waals surface area contributed by atoms with Gasteiger partial charge in [0.2, 0.25) is 5.76 Å². The van der Waals surface area contributed by atoms with Crippen molar-refractivity contribution in [3.63, 3.8) is 0 Å². The van der Waals surface area contributed by atoms with E-state index in [9.17, 15) is 14.0 Å². The smallest absolute Gasteiger partial charge is 0.297 e. The summed E-state index contributed by atoms with van der Waals surface area (Å²) >= 11 is 1.36. The van der Waals surface area contributed by atoms with Gasteiger partial charge in [0, 0.05) is 4.88 Å². The molecule has 0 radical (unpaired) electrons. The highest BCUT2D eigenvalue weighted by Crippen LogP contribution is 2.44. The number of benzene rings is 2. The van der Waals surface area contributed by atoms with Crippen molar-refractivity contribution in [2.75, 3.05) is 18.6 Å². The van der Waals surface area contributed by atoms with Crippen LogP contribution in [0.2, 0.25) is 0 Å². The molecule has 0 saturated heterocycles. The molecule has 0 fully saturated rings. The molecule has 1 aliphatic heterocycles. The van der Waals surface area contributed by atoms with E-state index < -0.39 is 23.2 Å². The van der Waals surface area contributed by atoms with E-state index in [1.807, 2.05) is 27.7 Å². The third-order valence-electron chi connectivity index (χ3n) is 6.13. The molecule has 1 unspecified atom stereocenters. The van der Waals surface area contributed by atoms with Crippen LogP contribution in [-0.4, -0.2) is 24.6 Å². The minimum Gasteiger partial charge on any atom is -0.493 e. The van der Waals surface area contributed by atoms with Crippen molar-refractivity contribution >= 4 is 33.3 Å². The molecule has 0 saturated carbocycles. The Hall–Kier alpha value is -3.72. The van der Waals surface area contributed by atoms with Crippen molar-refractivity contribution in [1.29, 1.82) is 0 Å². The van der Waals surface area contributed by atoms with Crippen LogP contribution in [0.1, 0.15) is 52.1 Å². The van der Waals surface area contributed by atoms with Crippen LogP contribution in [-0.2, 0) is 0 Å². The van der Waals surface area contributed by atoms with E-state index >= 15 is 0 Å². The van der Waals surface area contributed by atoms with Crippen LogP contribution in [0.15, 0.2) is 45.6 Å². The third kappa shape index (κ3) is 3.93. The van der Waals surface area contributed by atoms with Gasteiger partial charge in [-0.15, -0.1) is 11.3 Å². The molecule has 4 aromatic rings. The number of rotatable bonds is 6. The number of thiazole rings is 1. The first-order valence-corrected chi connectivity index (χ1v) is 12.4. The fraction of sp³-hybridized carbons (Fsp3) is 0.296. The van der Waals surface area contributed by atoms with E-state index in [4.69, 9.17) is 13.9 Å². The van der Waals surface area contributed by atoms with E-state index in [-0.39, 0.29) is 22.3 Å². The number of carbonyl (C=O) groups is 1. The number of aryl methyl sites for hydroxylation is 2. The molecule has 186 valence electrons. The highest BCUT2D eigenvalue weighted by molar-refractivity contribution is 7.15. The summed E-state index contributed by atoms with van der Waals surface area (Å²) in [6.45, 7) is 8.38. The standard InChI is InChI=1S/C27H25FN2O5S/c1-13(2)12-34-20-8-6-16(10-21(20)33-5)23-22-24(31)18-11-17(28)7-9-19(18)35-25(22)26(32)30(23)27-29-14(3)15(4)36-27/h6-11,13,23H,12H2,1-5H3.